The highest BCUT2D eigenvalue weighted by molar-refractivity contribution is 9.10. The molecule has 0 bridgehead atoms. The Morgan fingerprint density at radius 2 is 1.79 bits per heavy atom. The number of benzene rings is 2. The molecule has 180 valence electrons. The van der Waals surface area contributed by atoms with Crippen LogP contribution in [-0.4, -0.2) is 57.6 Å². The Labute approximate surface area is 204 Å². The van der Waals surface area contributed by atoms with E-state index in [1.54, 1.807) is 32.0 Å². The summed E-state index contributed by atoms with van der Waals surface area (Å²) in [4.78, 5) is 27.4. The van der Waals surface area contributed by atoms with Crippen molar-refractivity contribution in [2.45, 2.75) is 33.4 Å². The van der Waals surface area contributed by atoms with Crippen molar-refractivity contribution in [3.05, 3.63) is 58.1 Å². The molecule has 0 spiro atoms. The van der Waals surface area contributed by atoms with E-state index in [1.165, 1.54) is 12.0 Å². The Morgan fingerprint density at radius 1 is 1.15 bits per heavy atom. The van der Waals surface area contributed by atoms with Gasteiger partial charge in [0.25, 0.3) is 0 Å². The molecule has 2 rings (SSSR count). The molecule has 0 radical (unpaired) electrons. The molecule has 1 atom stereocenters. The number of nitrogens with one attached hydrogen (secondary N) is 1. The topological polar surface area (TPSA) is 96.0 Å². The number of methoxy groups -OCH3 is 1. The van der Waals surface area contributed by atoms with Crippen LogP contribution >= 0.6 is 15.9 Å². The molecule has 33 heavy (non-hydrogen) atoms. The molecule has 0 heterocycles. The van der Waals surface area contributed by atoms with Gasteiger partial charge in [0.05, 0.1) is 19.1 Å². The smallest absolute Gasteiger partial charge is 0.244 e. The number of aryl methyl sites for hydroxylation is 1. The molecule has 2 aromatic carbocycles. The van der Waals surface area contributed by atoms with Crippen molar-refractivity contribution < 1.29 is 22.7 Å². The number of sulfonamides is 1. The third-order valence-corrected chi connectivity index (χ3v) is 6.72. The van der Waals surface area contributed by atoms with Crippen LogP contribution < -0.4 is 14.4 Å². The highest BCUT2D eigenvalue weighted by Crippen LogP contribution is 2.31. The van der Waals surface area contributed by atoms with E-state index in [4.69, 9.17) is 4.74 Å². The lowest BCUT2D eigenvalue weighted by Gasteiger charge is -2.31. The highest BCUT2D eigenvalue weighted by atomic mass is 79.9. The Balaban J connectivity index is 2.44. The van der Waals surface area contributed by atoms with Gasteiger partial charge in [0.15, 0.2) is 0 Å². The summed E-state index contributed by atoms with van der Waals surface area (Å²) in [6.07, 6.45) is 1.04. The second kappa shape index (κ2) is 11.5. The van der Waals surface area contributed by atoms with Gasteiger partial charge in [0, 0.05) is 17.6 Å². The maximum atomic E-state index is 13.5. The van der Waals surface area contributed by atoms with Gasteiger partial charge in [-0.3, -0.25) is 13.9 Å². The van der Waals surface area contributed by atoms with Crippen molar-refractivity contribution in [2.75, 3.05) is 30.8 Å². The number of likely N-dealkylation sites (N-methyl/N-ethyl adjacent to an activating group) is 1. The van der Waals surface area contributed by atoms with Crippen LogP contribution in [0.5, 0.6) is 5.75 Å². The zero-order valence-corrected chi connectivity index (χ0v) is 21.9. The molecule has 0 saturated carbocycles. The van der Waals surface area contributed by atoms with E-state index >= 15 is 0 Å². The van der Waals surface area contributed by atoms with E-state index in [0.29, 0.717) is 12.3 Å². The highest BCUT2D eigenvalue weighted by Gasteiger charge is 2.31. The minimum Gasteiger partial charge on any atom is -0.495 e. The molecule has 1 unspecified atom stereocenters. The average Bonchev–Trinajstić information content (AvgIpc) is 2.75. The third-order valence-electron chi connectivity index (χ3n) is 5.07. The molecule has 0 aliphatic carbocycles. The number of amides is 2. The first-order valence-corrected chi connectivity index (χ1v) is 13.1. The second-order valence-electron chi connectivity index (χ2n) is 7.66. The molecule has 2 aromatic rings. The average molecular weight is 540 g/mol. The number of hydrogen-bond donors (Lipinski definition) is 1. The predicted molar refractivity (Wildman–Crippen MR) is 133 cm³/mol. The van der Waals surface area contributed by atoms with Gasteiger partial charge in [-0.25, -0.2) is 8.42 Å². The number of rotatable bonds is 10. The van der Waals surface area contributed by atoms with E-state index in [0.717, 1.165) is 26.2 Å². The largest absolute Gasteiger partial charge is 0.495 e. The third kappa shape index (κ3) is 7.20. The Kier molecular flexibility index (Phi) is 9.30. The van der Waals surface area contributed by atoms with Gasteiger partial charge in [0.1, 0.15) is 18.3 Å². The molecule has 0 saturated heterocycles. The van der Waals surface area contributed by atoms with Crippen molar-refractivity contribution in [1.29, 1.82) is 0 Å². The lowest BCUT2D eigenvalue weighted by molar-refractivity contribution is -0.139. The number of anilines is 1. The predicted octanol–water partition coefficient (Wildman–Crippen LogP) is 3.09. The Morgan fingerprint density at radius 3 is 2.33 bits per heavy atom. The second-order valence-corrected chi connectivity index (χ2v) is 10.5. The maximum absolute atomic E-state index is 13.5. The van der Waals surface area contributed by atoms with Crippen molar-refractivity contribution in [3.8, 4) is 5.75 Å². The van der Waals surface area contributed by atoms with E-state index in [-0.39, 0.29) is 18.1 Å². The monoisotopic (exact) mass is 539 g/mol. The van der Waals surface area contributed by atoms with Crippen LogP contribution in [0.15, 0.2) is 46.9 Å². The molecule has 8 nitrogen and oxygen atoms in total. The Bertz CT molecular complexity index is 1090. The van der Waals surface area contributed by atoms with Gasteiger partial charge in [-0.2, -0.15) is 0 Å². The van der Waals surface area contributed by atoms with Crippen LogP contribution in [0.3, 0.4) is 0 Å². The number of ether oxygens (including phenoxy) is 1. The Hall–Kier alpha value is -2.59. The zero-order chi connectivity index (χ0) is 24.8. The van der Waals surface area contributed by atoms with Crippen LogP contribution in [0.25, 0.3) is 0 Å². The molecule has 10 heteroatoms. The summed E-state index contributed by atoms with van der Waals surface area (Å²) in [5.74, 6) is -0.497. The number of hydrogen-bond acceptors (Lipinski definition) is 5. The molecular formula is C23H30BrN3O5S. The van der Waals surface area contributed by atoms with Gasteiger partial charge >= 0.3 is 0 Å². The van der Waals surface area contributed by atoms with Crippen molar-refractivity contribution >= 4 is 43.5 Å². The van der Waals surface area contributed by atoms with Crippen molar-refractivity contribution in [3.63, 3.8) is 0 Å². The van der Waals surface area contributed by atoms with Crippen molar-refractivity contribution in [2.24, 2.45) is 0 Å². The van der Waals surface area contributed by atoms with Crippen LogP contribution in [0, 0.1) is 6.92 Å². The van der Waals surface area contributed by atoms with Crippen molar-refractivity contribution in [1.82, 2.24) is 10.2 Å². The molecule has 2 amide bonds. The van der Waals surface area contributed by atoms with E-state index in [9.17, 15) is 18.0 Å². The van der Waals surface area contributed by atoms with E-state index in [1.807, 2.05) is 31.2 Å². The van der Waals surface area contributed by atoms with E-state index < -0.39 is 28.5 Å². The van der Waals surface area contributed by atoms with Gasteiger partial charge in [-0.05, 0) is 56.2 Å². The molecule has 0 aromatic heterocycles. The number of carbonyl (C=O) groups excluding carboxylic acids is 2. The lowest BCUT2D eigenvalue weighted by atomic mass is 10.1. The summed E-state index contributed by atoms with van der Waals surface area (Å²) in [6.45, 7) is 5.33. The van der Waals surface area contributed by atoms with Gasteiger partial charge < -0.3 is 15.0 Å². The van der Waals surface area contributed by atoms with Crippen LogP contribution in [0.1, 0.15) is 25.0 Å². The summed E-state index contributed by atoms with van der Waals surface area (Å²) in [6, 6.07) is 11.7. The number of nitrogens with zero attached hydrogens (tertiary/aromatic N) is 2. The molecule has 0 aliphatic rings. The standard InChI is InChI=1S/C23H30BrN3O5S/c1-6-25-23(29)17(3)26(14-18-8-10-19(24)11-9-18)22(28)15-27(33(5,30)31)20-13-16(2)7-12-21(20)32-4/h7-13,17H,6,14-15H2,1-5H3,(H,25,29). The van der Waals surface area contributed by atoms with Gasteiger partial charge in [0.2, 0.25) is 21.8 Å². The SMILES string of the molecule is CCNC(=O)C(C)N(Cc1ccc(Br)cc1)C(=O)CN(c1cc(C)ccc1OC)S(C)(=O)=O. The minimum absolute atomic E-state index is 0.146. The maximum Gasteiger partial charge on any atom is 0.244 e. The summed E-state index contributed by atoms with van der Waals surface area (Å²) in [5, 5.41) is 2.72. The van der Waals surface area contributed by atoms with Crippen LogP contribution in [0.2, 0.25) is 0 Å². The quantitative estimate of drug-likeness (QED) is 0.500. The molecule has 1 N–H and O–H groups in total. The number of halogens is 1. The normalized spacial score (nSPS) is 12.1. The fraction of sp³-hybridized carbons (Fsp3) is 0.391. The fourth-order valence-corrected chi connectivity index (χ4v) is 4.39. The lowest BCUT2D eigenvalue weighted by Crippen LogP contribution is -2.51. The van der Waals surface area contributed by atoms with Gasteiger partial charge in [-0.1, -0.05) is 34.1 Å². The first kappa shape index (κ1) is 26.7. The summed E-state index contributed by atoms with van der Waals surface area (Å²) in [7, 11) is -2.39. The fourth-order valence-electron chi connectivity index (χ4n) is 3.28. The van der Waals surface area contributed by atoms with Gasteiger partial charge in [-0.15, -0.1) is 0 Å². The molecular weight excluding hydrogens is 510 g/mol. The number of carbonyl (C=O) groups is 2. The first-order valence-electron chi connectivity index (χ1n) is 10.4. The zero-order valence-electron chi connectivity index (χ0n) is 19.5. The first-order chi connectivity index (χ1) is 15.5. The summed E-state index contributed by atoms with van der Waals surface area (Å²) in [5.41, 5.74) is 1.89. The summed E-state index contributed by atoms with van der Waals surface area (Å²) >= 11 is 3.38. The minimum atomic E-state index is -3.83. The van der Waals surface area contributed by atoms with Crippen LogP contribution in [0.4, 0.5) is 5.69 Å². The molecule has 0 aliphatic heterocycles. The van der Waals surface area contributed by atoms with Crippen LogP contribution in [-0.2, 0) is 26.2 Å². The summed E-state index contributed by atoms with van der Waals surface area (Å²) < 4.78 is 32.6. The molecule has 0 fully saturated rings. The van der Waals surface area contributed by atoms with E-state index in [2.05, 4.69) is 21.2 Å².